The number of aromatic nitrogens is 1. The van der Waals surface area contributed by atoms with Gasteiger partial charge in [-0.05, 0) is 6.42 Å². The molecule has 1 N–H and O–H groups in total. The lowest BCUT2D eigenvalue weighted by Crippen LogP contribution is -2.30. The normalized spacial score (nSPS) is 19.5. The highest BCUT2D eigenvalue weighted by molar-refractivity contribution is 7.99. The molecule has 19 heavy (non-hydrogen) atoms. The highest BCUT2D eigenvalue weighted by Gasteiger charge is 2.21. The standard InChI is InChI=1S/C15H18N2S2/c1-2-13-14(11-6-4-3-5-7-11)17-15(19-13)12-10-18-9-8-16-12/h3-7,12,16H,2,8-10H2,1H3. The molecule has 100 valence electrons. The fourth-order valence-electron chi connectivity index (χ4n) is 2.30. The number of rotatable bonds is 3. The summed E-state index contributed by atoms with van der Waals surface area (Å²) in [6, 6.07) is 11.0. The molecule has 0 radical (unpaired) electrons. The van der Waals surface area contributed by atoms with Gasteiger partial charge in [0.2, 0.25) is 0 Å². The third-order valence-electron chi connectivity index (χ3n) is 3.30. The van der Waals surface area contributed by atoms with Gasteiger partial charge < -0.3 is 5.32 Å². The summed E-state index contributed by atoms with van der Waals surface area (Å²) in [6.45, 7) is 3.31. The summed E-state index contributed by atoms with van der Waals surface area (Å²) in [5, 5.41) is 4.83. The first-order valence-corrected chi connectivity index (χ1v) is 8.71. The van der Waals surface area contributed by atoms with Gasteiger partial charge >= 0.3 is 0 Å². The van der Waals surface area contributed by atoms with Crippen molar-refractivity contribution in [1.29, 1.82) is 0 Å². The van der Waals surface area contributed by atoms with E-state index in [4.69, 9.17) is 4.98 Å². The van der Waals surface area contributed by atoms with Crippen molar-refractivity contribution in [2.24, 2.45) is 0 Å². The van der Waals surface area contributed by atoms with E-state index in [-0.39, 0.29) is 0 Å². The molecule has 3 rings (SSSR count). The third kappa shape index (κ3) is 2.86. The minimum atomic E-state index is 0.437. The molecule has 1 fully saturated rings. The van der Waals surface area contributed by atoms with Crippen LogP contribution in [0.25, 0.3) is 11.3 Å². The lowest BCUT2D eigenvalue weighted by atomic mass is 10.1. The van der Waals surface area contributed by atoms with Crippen LogP contribution in [0.2, 0.25) is 0 Å². The minimum absolute atomic E-state index is 0.437. The number of benzene rings is 1. The Hall–Kier alpha value is -0.840. The molecule has 1 aromatic heterocycles. The van der Waals surface area contributed by atoms with Crippen molar-refractivity contribution in [3.8, 4) is 11.3 Å². The van der Waals surface area contributed by atoms with Crippen LogP contribution < -0.4 is 5.32 Å². The summed E-state index contributed by atoms with van der Waals surface area (Å²) >= 11 is 3.89. The molecular weight excluding hydrogens is 272 g/mol. The molecule has 0 bridgehead atoms. The second-order valence-corrected chi connectivity index (χ2v) is 6.89. The smallest absolute Gasteiger partial charge is 0.111 e. The van der Waals surface area contributed by atoms with Crippen LogP contribution in [0.5, 0.6) is 0 Å². The topological polar surface area (TPSA) is 24.9 Å². The van der Waals surface area contributed by atoms with Crippen molar-refractivity contribution in [1.82, 2.24) is 10.3 Å². The van der Waals surface area contributed by atoms with Crippen LogP contribution in [-0.2, 0) is 6.42 Å². The summed E-state index contributed by atoms with van der Waals surface area (Å²) in [4.78, 5) is 6.32. The van der Waals surface area contributed by atoms with Gasteiger partial charge in [0, 0.05) is 28.5 Å². The van der Waals surface area contributed by atoms with E-state index in [9.17, 15) is 0 Å². The second-order valence-electron chi connectivity index (χ2n) is 4.63. The third-order valence-corrected chi connectivity index (χ3v) is 5.68. The number of hydrogen-bond donors (Lipinski definition) is 1. The van der Waals surface area contributed by atoms with Crippen LogP contribution in [0.15, 0.2) is 30.3 Å². The molecule has 1 saturated heterocycles. The van der Waals surface area contributed by atoms with Gasteiger partial charge in [-0.1, -0.05) is 37.3 Å². The summed E-state index contributed by atoms with van der Waals surface area (Å²) < 4.78 is 0. The number of nitrogens with one attached hydrogen (secondary N) is 1. The maximum atomic E-state index is 4.92. The molecule has 0 aliphatic carbocycles. The van der Waals surface area contributed by atoms with E-state index in [1.165, 1.54) is 26.9 Å². The van der Waals surface area contributed by atoms with E-state index < -0.39 is 0 Å². The SMILES string of the molecule is CCc1sc(C2CSCCN2)nc1-c1ccccc1. The first-order valence-electron chi connectivity index (χ1n) is 6.74. The lowest BCUT2D eigenvalue weighted by Gasteiger charge is -2.20. The molecule has 0 saturated carbocycles. The monoisotopic (exact) mass is 290 g/mol. The molecule has 0 amide bonds. The van der Waals surface area contributed by atoms with E-state index in [0.717, 1.165) is 18.7 Å². The molecular formula is C15H18N2S2. The van der Waals surface area contributed by atoms with Gasteiger partial charge in [-0.15, -0.1) is 11.3 Å². The zero-order valence-electron chi connectivity index (χ0n) is 11.1. The lowest BCUT2D eigenvalue weighted by molar-refractivity contribution is 0.592. The van der Waals surface area contributed by atoms with Crippen LogP contribution in [-0.4, -0.2) is 23.0 Å². The van der Waals surface area contributed by atoms with Gasteiger partial charge in [0.05, 0.1) is 11.7 Å². The summed E-state index contributed by atoms with van der Waals surface area (Å²) in [6.07, 6.45) is 1.06. The largest absolute Gasteiger partial charge is 0.306 e. The number of aryl methyl sites for hydroxylation is 1. The zero-order valence-corrected chi connectivity index (χ0v) is 12.7. The molecule has 1 aliphatic rings. The predicted molar refractivity (Wildman–Crippen MR) is 85.0 cm³/mol. The molecule has 2 heterocycles. The van der Waals surface area contributed by atoms with Crippen molar-refractivity contribution >= 4 is 23.1 Å². The molecule has 1 aliphatic heterocycles. The van der Waals surface area contributed by atoms with Crippen molar-refractivity contribution in [2.45, 2.75) is 19.4 Å². The number of nitrogens with zero attached hydrogens (tertiary/aromatic N) is 1. The van der Waals surface area contributed by atoms with Crippen molar-refractivity contribution in [3.63, 3.8) is 0 Å². The Morgan fingerprint density at radius 2 is 2.16 bits per heavy atom. The Morgan fingerprint density at radius 1 is 1.32 bits per heavy atom. The Kier molecular flexibility index (Phi) is 4.21. The molecule has 0 spiro atoms. The quantitative estimate of drug-likeness (QED) is 0.932. The highest BCUT2D eigenvalue weighted by Crippen LogP contribution is 2.33. The Bertz CT molecular complexity index is 530. The van der Waals surface area contributed by atoms with Crippen LogP contribution in [0, 0.1) is 0 Å². The van der Waals surface area contributed by atoms with E-state index in [2.05, 4.69) is 42.6 Å². The second kappa shape index (κ2) is 6.07. The number of thiazole rings is 1. The van der Waals surface area contributed by atoms with E-state index in [0.29, 0.717) is 6.04 Å². The first kappa shape index (κ1) is 13.2. The van der Waals surface area contributed by atoms with Crippen molar-refractivity contribution in [2.75, 3.05) is 18.1 Å². The first-order chi connectivity index (χ1) is 9.38. The Balaban J connectivity index is 1.94. The predicted octanol–water partition coefficient (Wildman–Crippen LogP) is 3.75. The maximum Gasteiger partial charge on any atom is 0.111 e. The van der Waals surface area contributed by atoms with Gasteiger partial charge in [0.1, 0.15) is 5.01 Å². The van der Waals surface area contributed by atoms with Gasteiger partial charge in [-0.3, -0.25) is 0 Å². The maximum absolute atomic E-state index is 4.92. The molecule has 1 atom stereocenters. The Labute approximate surface area is 122 Å². The van der Waals surface area contributed by atoms with E-state index in [1.807, 2.05) is 23.1 Å². The molecule has 4 heteroatoms. The van der Waals surface area contributed by atoms with E-state index >= 15 is 0 Å². The fourth-order valence-corrected chi connectivity index (χ4v) is 4.45. The zero-order chi connectivity index (χ0) is 13.1. The summed E-state index contributed by atoms with van der Waals surface area (Å²) in [7, 11) is 0. The minimum Gasteiger partial charge on any atom is -0.306 e. The van der Waals surface area contributed by atoms with Gasteiger partial charge in [-0.2, -0.15) is 11.8 Å². The Morgan fingerprint density at radius 3 is 2.84 bits per heavy atom. The summed E-state index contributed by atoms with van der Waals surface area (Å²) in [5.74, 6) is 2.36. The molecule has 2 aromatic rings. The van der Waals surface area contributed by atoms with Gasteiger partial charge in [0.15, 0.2) is 0 Å². The molecule has 1 aromatic carbocycles. The van der Waals surface area contributed by atoms with Crippen LogP contribution >= 0.6 is 23.1 Å². The van der Waals surface area contributed by atoms with Crippen molar-refractivity contribution in [3.05, 3.63) is 40.2 Å². The van der Waals surface area contributed by atoms with Crippen LogP contribution in [0.3, 0.4) is 0 Å². The number of hydrogen-bond acceptors (Lipinski definition) is 4. The fraction of sp³-hybridized carbons (Fsp3) is 0.400. The highest BCUT2D eigenvalue weighted by atomic mass is 32.2. The molecule has 1 unspecified atom stereocenters. The van der Waals surface area contributed by atoms with E-state index in [1.54, 1.807) is 0 Å². The average Bonchev–Trinajstić information content (AvgIpc) is 2.93. The summed E-state index contributed by atoms with van der Waals surface area (Å²) in [5.41, 5.74) is 2.42. The average molecular weight is 290 g/mol. The van der Waals surface area contributed by atoms with Crippen LogP contribution in [0.4, 0.5) is 0 Å². The van der Waals surface area contributed by atoms with Gasteiger partial charge in [-0.25, -0.2) is 4.98 Å². The number of thioether (sulfide) groups is 1. The van der Waals surface area contributed by atoms with Gasteiger partial charge in [0.25, 0.3) is 0 Å². The van der Waals surface area contributed by atoms with Crippen molar-refractivity contribution < 1.29 is 0 Å². The molecule has 2 nitrogen and oxygen atoms in total. The van der Waals surface area contributed by atoms with Crippen LogP contribution in [0.1, 0.15) is 22.9 Å².